The maximum atomic E-state index is 9.69. The Morgan fingerprint density at radius 3 is 2.77 bits per heavy atom. The number of hydrogen-bond acceptors (Lipinski definition) is 8. The fourth-order valence-corrected chi connectivity index (χ4v) is 5.64. The standard InChI is InChI=1S/C30H27N9/c1-3-24-5-4-6-25(36-24)17-38-26-10-27(38)19-37(18-26)29-8-7-20(14-34-29)28-9-21(22(11-31)13-33-2)16-39-30(28)23(12-32)15-35-39/h1,4-9,11,13-16,26-27,31,33H,10,17-19H2,2H3/b22-13+,31-11?. The quantitative estimate of drug-likeness (QED) is 0.288. The minimum atomic E-state index is 0.460. The molecule has 0 radical (unpaired) electrons. The van der Waals surface area contributed by atoms with Gasteiger partial charge >= 0.3 is 0 Å². The highest BCUT2D eigenvalue weighted by Gasteiger charge is 2.44. The van der Waals surface area contributed by atoms with Crippen molar-refractivity contribution < 1.29 is 0 Å². The number of nitrogens with one attached hydrogen (secondary N) is 2. The van der Waals surface area contributed by atoms with E-state index in [-0.39, 0.29) is 0 Å². The van der Waals surface area contributed by atoms with Crippen molar-refractivity contribution in [2.24, 2.45) is 0 Å². The molecule has 39 heavy (non-hydrogen) atoms. The summed E-state index contributed by atoms with van der Waals surface area (Å²) in [7, 11) is 1.80. The van der Waals surface area contributed by atoms with Gasteiger partial charge < -0.3 is 15.6 Å². The van der Waals surface area contributed by atoms with Crippen molar-refractivity contribution in [3.05, 3.63) is 83.7 Å². The molecule has 4 aromatic rings. The number of hydrogen-bond donors (Lipinski definition) is 2. The van der Waals surface area contributed by atoms with Gasteiger partial charge in [-0.1, -0.05) is 12.0 Å². The third-order valence-corrected chi connectivity index (χ3v) is 7.55. The first kappa shape index (κ1) is 24.4. The Morgan fingerprint density at radius 1 is 1.23 bits per heavy atom. The Labute approximate surface area is 226 Å². The molecule has 0 aromatic carbocycles. The summed E-state index contributed by atoms with van der Waals surface area (Å²) in [4.78, 5) is 14.3. The van der Waals surface area contributed by atoms with Gasteiger partial charge in [0.15, 0.2) is 0 Å². The first-order chi connectivity index (χ1) is 19.1. The third-order valence-electron chi connectivity index (χ3n) is 7.55. The second kappa shape index (κ2) is 10.1. The highest BCUT2D eigenvalue weighted by atomic mass is 15.4. The molecule has 3 saturated heterocycles. The summed E-state index contributed by atoms with van der Waals surface area (Å²) in [6.45, 7) is 2.63. The third kappa shape index (κ3) is 4.39. The number of nitriles is 1. The zero-order chi connectivity index (χ0) is 26.9. The van der Waals surface area contributed by atoms with Crippen LogP contribution in [0.5, 0.6) is 0 Å². The van der Waals surface area contributed by atoms with Crippen LogP contribution in [0.4, 0.5) is 5.82 Å². The summed E-state index contributed by atoms with van der Waals surface area (Å²) >= 11 is 0. The second-order valence-corrected chi connectivity index (χ2v) is 9.82. The average molecular weight is 514 g/mol. The fourth-order valence-electron chi connectivity index (χ4n) is 5.64. The Kier molecular flexibility index (Phi) is 6.28. The molecule has 2 unspecified atom stereocenters. The van der Waals surface area contributed by atoms with Crippen LogP contribution in [0.1, 0.15) is 28.9 Å². The lowest BCUT2D eigenvalue weighted by Crippen LogP contribution is -2.68. The average Bonchev–Trinajstić information content (AvgIpc) is 3.41. The number of pyridine rings is 3. The summed E-state index contributed by atoms with van der Waals surface area (Å²) in [5, 5.41) is 24.9. The molecular formula is C30H27N9. The van der Waals surface area contributed by atoms with Crippen LogP contribution in [-0.4, -0.2) is 62.9 Å². The van der Waals surface area contributed by atoms with Gasteiger partial charge in [-0.3, -0.25) is 4.90 Å². The Balaban J connectivity index is 1.24. The van der Waals surface area contributed by atoms with E-state index in [4.69, 9.17) is 16.8 Å². The van der Waals surface area contributed by atoms with Gasteiger partial charge in [-0.05, 0) is 36.8 Å². The van der Waals surface area contributed by atoms with Gasteiger partial charge in [-0.25, -0.2) is 14.5 Å². The van der Waals surface area contributed by atoms with Crippen molar-refractivity contribution in [3.8, 4) is 29.5 Å². The summed E-state index contributed by atoms with van der Waals surface area (Å²) in [5.74, 6) is 3.56. The molecule has 3 aliphatic rings. The minimum absolute atomic E-state index is 0.460. The van der Waals surface area contributed by atoms with Crippen LogP contribution in [0.25, 0.3) is 22.2 Å². The summed E-state index contributed by atoms with van der Waals surface area (Å²) < 4.78 is 1.70. The molecule has 0 saturated carbocycles. The van der Waals surface area contributed by atoms with E-state index in [1.165, 1.54) is 12.6 Å². The van der Waals surface area contributed by atoms with Crippen molar-refractivity contribution in [2.75, 3.05) is 25.0 Å². The minimum Gasteiger partial charge on any atom is -0.393 e. The molecule has 0 spiro atoms. The maximum Gasteiger partial charge on any atom is 0.128 e. The first-order valence-corrected chi connectivity index (χ1v) is 12.8. The fraction of sp³-hybridized carbons (Fsp3) is 0.233. The number of piperidine rings is 1. The van der Waals surface area contributed by atoms with E-state index in [1.54, 1.807) is 24.0 Å². The van der Waals surface area contributed by atoms with Crippen LogP contribution in [0, 0.1) is 29.1 Å². The van der Waals surface area contributed by atoms with Crippen molar-refractivity contribution in [1.82, 2.24) is 29.8 Å². The number of nitrogens with zero attached hydrogens (tertiary/aromatic N) is 7. The summed E-state index contributed by atoms with van der Waals surface area (Å²) in [6, 6.07) is 15.1. The molecule has 2 N–H and O–H groups in total. The van der Waals surface area contributed by atoms with Crippen LogP contribution >= 0.6 is 0 Å². The van der Waals surface area contributed by atoms with Gasteiger partial charge in [0.05, 0.1) is 23.0 Å². The molecule has 7 rings (SSSR count). The molecule has 9 nitrogen and oxygen atoms in total. The van der Waals surface area contributed by atoms with Gasteiger partial charge in [0.1, 0.15) is 17.6 Å². The lowest BCUT2D eigenvalue weighted by molar-refractivity contribution is -0.00968. The maximum absolute atomic E-state index is 9.69. The number of fused-ring (bicyclic) bond motifs is 3. The van der Waals surface area contributed by atoms with E-state index in [9.17, 15) is 5.26 Å². The molecule has 2 atom stereocenters. The Hall–Kier alpha value is -4.99. The Bertz CT molecular complexity index is 1660. The zero-order valence-corrected chi connectivity index (χ0v) is 21.5. The largest absolute Gasteiger partial charge is 0.393 e. The number of terminal acetylenes is 1. The van der Waals surface area contributed by atoms with Crippen LogP contribution < -0.4 is 10.2 Å². The van der Waals surface area contributed by atoms with Crippen LogP contribution in [-0.2, 0) is 6.54 Å². The van der Waals surface area contributed by atoms with E-state index in [2.05, 4.69) is 49.3 Å². The number of rotatable bonds is 7. The SMILES string of the molecule is C#Cc1cccc(CN2C3CC2CN(c2ccc(-c4cc(/C(C=N)=C/NC)cn5ncc(C#N)c45)cn2)C3)n1. The van der Waals surface area contributed by atoms with Crippen molar-refractivity contribution in [3.63, 3.8) is 0 Å². The number of anilines is 1. The highest BCUT2D eigenvalue weighted by Crippen LogP contribution is 2.36. The molecule has 4 aromatic heterocycles. The normalized spacial score (nSPS) is 18.7. The smallest absolute Gasteiger partial charge is 0.128 e. The first-order valence-electron chi connectivity index (χ1n) is 12.8. The van der Waals surface area contributed by atoms with Gasteiger partial charge in [0.25, 0.3) is 0 Å². The Morgan fingerprint density at radius 2 is 2.08 bits per heavy atom. The molecular weight excluding hydrogens is 486 g/mol. The molecule has 0 amide bonds. The van der Waals surface area contributed by atoms with Crippen LogP contribution in [0.3, 0.4) is 0 Å². The molecule has 9 heteroatoms. The number of aromatic nitrogens is 4. The highest BCUT2D eigenvalue weighted by molar-refractivity contribution is 6.08. The molecule has 3 aliphatic heterocycles. The van der Waals surface area contributed by atoms with Gasteiger partial charge in [-0.15, -0.1) is 6.42 Å². The number of piperazine rings is 1. The molecule has 3 fully saturated rings. The van der Waals surface area contributed by atoms with E-state index in [0.29, 0.717) is 28.9 Å². The van der Waals surface area contributed by atoms with Gasteiger partial charge in [0, 0.05) is 85.8 Å². The van der Waals surface area contributed by atoms with Crippen molar-refractivity contribution in [1.29, 1.82) is 10.7 Å². The zero-order valence-electron chi connectivity index (χ0n) is 21.5. The van der Waals surface area contributed by atoms with Crippen molar-refractivity contribution >= 4 is 23.1 Å². The topological polar surface area (TPSA) is 109 Å². The predicted molar refractivity (Wildman–Crippen MR) is 151 cm³/mol. The monoisotopic (exact) mass is 513 g/mol. The van der Waals surface area contributed by atoms with Crippen LogP contribution in [0.2, 0.25) is 0 Å². The second-order valence-electron chi connectivity index (χ2n) is 9.82. The van der Waals surface area contributed by atoms with Crippen molar-refractivity contribution in [2.45, 2.75) is 25.0 Å². The summed E-state index contributed by atoms with van der Waals surface area (Å²) in [5.41, 5.74) is 6.16. The van der Waals surface area contributed by atoms with Crippen LogP contribution in [0.15, 0.2) is 61.2 Å². The van der Waals surface area contributed by atoms with E-state index >= 15 is 0 Å². The molecule has 192 valence electrons. The van der Waals surface area contributed by atoms with E-state index < -0.39 is 0 Å². The lowest BCUT2D eigenvalue weighted by Gasteiger charge is -2.56. The number of allylic oxidation sites excluding steroid dienone is 1. The van der Waals surface area contributed by atoms with E-state index in [0.717, 1.165) is 53.4 Å². The van der Waals surface area contributed by atoms with Gasteiger partial charge in [-0.2, -0.15) is 10.4 Å². The molecule has 2 bridgehead atoms. The predicted octanol–water partition coefficient (Wildman–Crippen LogP) is 3.32. The van der Waals surface area contributed by atoms with Gasteiger partial charge in [0.2, 0.25) is 0 Å². The van der Waals surface area contributed by atoms with E-state index in [1.807, 2.05) is 36.7 Å². The molecule has 7 heterocycles. The molecule has 0 aliphatic carbocycles. The summed E-state index contributed by atoms with van der Waals surface area (Å²) in [6.07, 6.45) is 15.0. The lowest BCUT2D eigenvalue weighted by atomic mass is 9.87.